The maximum atomic E-state index is 12.5. The number of hydrogen-bond donors (Lipinski definition) is 1. The van der Waals surface area contributed by atoms with Crippen molar-refractivity contribution < 1.29 is 14.3 Å². The molecule has 6 nitrogen and oxygen atoms in total. The summed E-state index contributed by atoms with van der Waals surface area (Å²) in [6.45, 7) is 1.42. The highest BCUT2D eigenvalue weighted by Gasteiger charge is 2.30. The highest BCUT2D eigenvalue weighted by molar-refractivity contribution is 6.33. The number of likely N-dealkylation sites (tertiary alicyclic amines) is 1. The molecule has 0 aromatic heterocycles. The summed E-state index contributed by atoms with van der Waals surface area (Å²) in [5, 5.41) is 3.48. The molecule has 0 bridgehead atoms. The monoisotopic (exact) mass is 353 g/mol. The highest BCUT2D eigenvalue weighted by Crippen LogP contribution is 2.28. The van der Waals surface area contributed by atoms with Crippen LogP contribution in [0.15, 0.2) is 18.2 Å². The van der Waals surface area contributed by atoms with Crippen LogP contribution in [0.1, 0.15) is 12.8 Å². The van der Waals surface area contributed by atoms with Crippen LogP contribution < -0.4 is 10.2 Å². The van der Waals surface area contributed by atoms with E-state index in [0.717, 1.165) is 5.69 Å². The molecule has 1 N–H and O–H groups in total. The van der Waals surface area contributed by atoms with E-state index in [-0.39, 0.29) is 17.7 Å². The lowest BCUT2D eigenvalue weighted by atomic mass is 9.96. The Bertz CT molecular complexity index is 607. The van der Waals surface area contributed by atoms with Crippen LogP contribution in [-0.2, 0) is 14.3 Å². The minimum absolute atomic E-state index is 0.0782. The molecule has 1 unspecified atom stereocenters. The number of piperidine rings is 1. The van der Waals surface area contributed by atoms with Crippen LogP contribution in [0.5, 0.6) is 0 Å². The molecule has 1 aliphatic heterocycles. The number of halogens is 1. The summed E-state index contributed by atoms with van der Waals surface area (Å²) in [5.74, 6) is -0.222. The molecule has 2 amide bonds. The van der Waals surface area contributed by atoms with Crippen LogP contribution in [0.25, 0.3) is 0 Å². The van der Waals surface area contributed by atoms with Gasteiger partial charge in [-0.2, -0.15) is 0 Å². The van der Waals surface area contributed by atoms with Crippen molar-refractivity contribution in [2.75, 3.05) is 51.1 Å². The molecule has 1 saturated heterocycles. The van der Waals surface area contributed by atoms with Crippen LogP contribution in [0.2, 0.25) is 5.02 Å². The quantitative estimate of drug-likeness (QED) is 0.852. The lowest BCUT2D eigenvalue weighted by Gasteiger charge is -2.31. The summed E-state index contributed by atoms with van der Waals surface area (Å²) in [4.78, 5) is 28.0. The van der Waals surface area contributed by atoms with Gasteiger partial charge in [0.15, 0.2) is 0 Å². The van der Waals surface area contributed by atoms with E-state index in [4.69, 9.17) is 16.3 Å². The normalized spacial score (nSPS) is 17.8. The van der Waals surface area contributed by atoms with Gasteiger partial charge < -0.3 is 19.9 Å². The molecule has 1 heterocycles. The van der Waals surface area contributed by atoms with E-state index in [2.05, 4.69) is 5.32 Å². The van der Waals surface area contributed by atoms with E-state index in [1.54, 1.807) is 18.1 Å². The summed E-state index contributed by atoms with van der Waals surface area (Å²) in [6, 6.07) is 5.44. The maximum absolute atomic E-state index is 12.5. The van der Waals surface area contributed by atoms with Crippen molar-refractivity contribution >= 4 is 34.8 Å². The number of nitrogens with zero attached hydrogens (tertiary/aromatic N) is 2. The fraction of sp³-hybridized carbons (Fsp3) is 0.529. The number of carbonyl (C=O) groups is 2. The Morgan fingerprint density at radius 1 is 1.46 bits per heavy atom. The molecule has 1 aromatic rings. The minimum atomic E-state index is -0.216. The zero-order valence-corrected chi connectivity index (χ0v) is 15.1. The highest BCUT2D eigenvalue weighted by atomic mass is 35.5. The maximum Gasteiger partial charge on any atom is 0.229 e. The fourth-order valence-electron chi connectivity index (χ4n) is 2.74. The lowest BCUT2D eigenvalue weighted by molar-refractivity contribution is -0.137. The molecule has 0 saturated carbocycles. The van der Waals surface area contributed by atoms with E-state index < -0.39 is 0 Å². The molecule has 1 fully saturated rings. The summed E-state index contributed by atoms with van der Waals surface area (Å²) in [5.41, 5.74) is 1.56. The lowest BCUT2D eigenvalue weighted by Crippen LogP contribution is -2.45. The Balaban J connectivity index is 1.99. The first-order valence-electron chi connectivity index (χ1n) is 7.97. The van der Waals surface area contributed by atoms with Crippen molar-refractivity contribution in [2.24, 2.45) is 5.92 Å². The third-order valence-corrected chi connectivity index (χ3v) is 4.44. The fourth-order valence-corrected chi connectivity index (χ4v) is 3.09. The molecule has 2 rings (SSSR count). The molecule has 1 aromatic carbocycles. The molecule has 1 atom stereocenters. The summed E-state index contributed by atoms with van der Waals surface area (Å²) in [7, 11) is 5.42. The van der Waals surface area contributed by atoms with Gasteiger partial charge in [-0.1, -0.05) is 11.6 Å². The van der Waals surface area contributed by atoms with Gasteiger partial charge in [0.2, 0.25) is 11.8 Å². The number of carbonyl (C=O) groups excluding carboxylic acids is 2. The number of anilines is 2. The van der Waals surface area contributed by atoms with Crippen molar-refractivity contribution in [3.63, 3.8) is 0 Å². The number of amides is 2. The van der Waals surface area contributed by atoms with Crippen molar-refractivity contribution in [1.82, 2.24) is 4.90 Å². The van der Waals surface area contributed by atoms with E-state index in [1.165, 1.54) is 0 Å². The largest absolute Gasteiger partial charge is 0.383 e. The standard InChI is InChI=1S/C17H24ClN3O3/c1-20(2)15-6-5-13(10-14(15)18)19-17(23)12-4-7-16(22)21(11-12)8-9-24-3/h5-6,10,12H,4,7-9,11H2,1-3H3,(H,19,23). The van der Waals surface area contributed by atoms with Crippen molar-refractivity contribution in [2.45, 2.75) is 12.8 Å². The zero-order chi connectivity index (χ0) is 17.7. The molecule has 0 spiro atoms. The van der Waals surface area contributed by atoms with E-state index >= 15 is 0 Å². The number of benzene rings is 1. The van der Waals surface area contributed by atoms with Crippen LogP contribution in [-0.4, -0.2) is 57.6 Å². The molecule has 0 aliphatic carbocycles. The van der Waals surface area contributed by atoms with Crippen molar-refractivity contribution in [1.29, 1.82) is 0 Å². The van der Waals surface area contributed by atoms with Crippen LogP contribution in [0, 0.1) is 5.92 Å². The van der Waals surface area contributed by atoms with Gasteiger partial charge in [-0.15, -0.1) is 0 Å². The molecular formula is C17H24ClN3O3. The predicted octanol–water partition coefficient (Wildman–Crippen LogP) is 2.23. The van der Waals surface area contributed by atoms with Gasteiger partial charge >= 0.3 is 0 Å². The van der Waals surface area contributed by atoms with Crippen LogP contribution >= 0.6 is 11.6 Å². The Morgan fingerprint density at radius 3 is 2.83 bits per heavy atom. The number of ether oxygens (including phenoxy) is 1. The van der Waals surface area contributed by atoms with Crippen molar-refractivity contribution in [3.05, 3.63) is 23.2 Å². The molecule has 7 heteroatoms. The van der Waals surface area contributed by atoms with E-state index in [0.29, 0.717) is 43.2 Å². The van der Waals surface area contributed by atoms with Crippen molar-refractivity contribution in [3.8, 4) is 0 Å². The zero-order valence-electron chi connectivity index (χ0n) is 14.3. The third-order valence-electron chi connectivity index (χ3n) is 4.13. The van der Waals surface area contributed by atoms with Gasteiger partial charge in [-0.05, 0) is 24.6 Å². The average Bonchev–Trinajstić information content (AvgIpc) is 2.53. The topological polar surface area (TPSA) is 61.9 Å². The summed E-state index contributed by atoms with van der Waals surface area (Å²) >= 11 is 6.23. The molecule has 0 radical (unpaired) electrons. The Hall–Kier alpha value is -1.79. The minimum Gasteiger partial charge on any atom is -0.383 e. The SMILES string of the molecule is COCCN1CC(C(=O)Nc2ccc(N(C)C)c(Cl)c2)CCC1=O. The van der Waals surface area contributed by atoms with E-state index in [9.17, 15) is 9.59 Å². The average molecular weight is 354 g/mol. The van der Waals surface area contributed by atoms with Gasteiger partial charge in [0, 0.05) is 46.4 Å². The van der Waals surface area contributed by atoms with E-state index in [1.807, 2.05) is 31.1 Å². The number of methoxy groups -OCH3 is 1. The molecule has 1 aliphatic rings. The van der Waals surface area contributed by atoms with Gasteiger partial charge in [0.25, 0.3) is 0 Å². The Labute approximate surface area is 147 Å². The second-order valence-electron chi connectivity index (χ2n) is 6.12. The molecule has 24 heavy (non-hydrogen) atoms. The predicted molar refractivity (Wildman–Crippen MR) is 95.6 cm³/mol. The van der Waals surface area contributed by atoms with Gasteiger partial charge in [0.05, 0.1) is 23.2 Å². The van der Waals surface area contributed by atoms with Gasteiger partial charge in [-0.3, -0.25) is 9.59 Å². The molecular weight excluding hydrogens is 330 g/mol. The number of rotatable bonds is 6. The smallest absolute Gasteiger partial charge is 0.229 e. The summed E-state index contributed by atoms with van der Waals surface area (Å²) < 4.78 is 5.01. The number of hydrogen-bond acceptors (Lipinski definition) is 4. The first-order valence-corrected chi connectivity index (χ1v) is 8.34. The second-order valence-corrected chi connectivity index (χ2v) is 6.53. The number of nitrogens with one attached hydrogen (secondary N) is 1. The first-order chi connectivity index (χ1) is 11.4. The Kier molecular flexibility index (Phi) is 6.45. The molecule has 132 valence electrons. The first kappa shape index (κ1) is 18.5. The van der Waals surface area contributed by atoms with Crippen LogP contribution in [0.4, 0.5) is 11.4 Å². The Morgan fingerprint density at radius 2 is 2.21 bits per heavy atom. The third kappa shape index (κ3) is 4.61. The van der Waals surface area contributed by atoms with Crippen LogP contribution in [0.3, 0.4) is 0 Å². The summed E-state index contributed by atoms with van der Waals surface area (Å²) in [6.07, 6.45) is 0.958. The second kappa shape index (κ2) is 8.35. The van der Waals surface area contributed by atoms with Gasteiger partial charge in [0.1, 0.15) is 0 Å². The van der Waals surface area contributed by atoms with Gasteiger partial charge in [-0.25, -0.2) is 0 Å².